The summed E-state index contributed by atoms with van der Waals surface area (Å²) in [5, 5.41) is 29.4. The molecule has 0 aromatic heterocycles. The molecule has 0 saturated carbocycles. The van der Waals surface area contributed by atoms with Gasteiger partial charge in [-0.2, -0.15) is 4.39 Å². The van der Waals surface area contributed by atoms with Gasteiger partial charge < -0.3 is 14.9 Å². The van der Waals surface area contributed by atoms with Crippen molar-refractivity contribution in [1.29, 1.82) is 5.41 Å². The molecule has 2 saturated heterocycles. The fourth-order valence-corrected chi connectivity index (χ4v) is 3.10. The van der Waals surface area contributed by atoms with Crippen molar-refractivity contribution in [2.75, 3.05) is 6.61 Å². The Kier molecular flexibility index (Phi) is 2.87. The highest BCUT2D eigenvalue weighted by atomic mass is 19.2. The van der Waals surface area contributed by atoms with Crippen LogP contribution in [0.4, 0.5) is 9.18 Å². The molecule has 5 atom stereocenters. The molecule has 0 aromatic carbocycles. The molecule has 114 valence electrons. The van der Waals surface area contributed by atoms with Gasteiger partial charge >= 0.3 is 18.1 Å². The van der Waals surface area contributed by atoms with E-state index in [1.54, 1.807) is 6.08 Å². The fourth-order valence-electron chi connectivity index (χ4n) is 3.10. The number of nitrogens with one attached hydrogen (secondary N) is 2. The second-order valence-electron chi connectivity index (χ2n) is 5.46. The lowest BCUT2D eigenvalue weighted by molar-refractivity contribution is -0.747. The van der Waals surface area contributed by atoms with Gasteiger partial charge in [0.25, 0.3) is 0 Å². The fraction of sp³-hybridized carbons (Fsp3) is 0.538. The lowest BCUT2D eigenvalue weighted by Gasteiger charge is -2.32. The lowest BCUT2D eigenvalue weighted by Crippen LogP contribution is -2.59. The van der Waals surface area contributed by atoms with Crippen LogP contribution < -0.4 is 5.32 Å². The monoisotopic (exact) mass is 298 g/mol. The van der Waals surface area contributed by atoms with Gasteiger partial charge in [-0.1, -0.05) is 19.1 Å². The highest BCUT2D eigenvalue weighted by molar-refractivity contribution is 6.02. The number of halogens is 1. The predicted molar refractivity (Wildman–Crippen MR) is 69.6 cm³/mol. The molecule has 21 heavy (non-hydrogen) atoms. The van der Waals surface area contributed by atoms with Crippen molar-refractivity contribution in [3.63, 3.8) is 0 Å². The van der Waals surface area contributed by atoms with E-state index in [0.717, 1.165) is 0 Å². The zero-order valence-electron chi connectivity index (χ0n) is 11.4. The Morgan fingerprint density at radius 3 is 2.86 bits per heavy atom. The number of fused-ring (bicyclic) bond motifs is 3. The largest absolute Gasteiger partial charge is 0.432 e. The molecule has 4 N–H and O–H groups in total. The average Bonchev–Trinajstić information content (AvgIpc) is 2.88. The van der Waals surface area contributed by atoms with Crippen LogP contribution in [0.3, 0.4) is 0 Å². The second-order valence-corrected chi connectivity index (χ2v) is 5.46. The molecule has 3 rings (SSSR count). The third kappa shape index (κ3) is 1.45. The number of hydrogen-bond acceptors (Lipinski definition) is 5. The first-order chi connectivity index (χ1) is 9.89. The van der Waals surface area contributed by atoms with Crippen LogP contribution in [-0.4, -0.2) is 56.9 Å². The van der Waals surface area contributed by atoms with E-state index >= 15 is 4.39 Å². The van der Waals surface area contributed by atoms with E-state index in [1.807, 2.05) is 6.92 Å². The molecule has 3 aliphatic rings. The third-order valence-electron chi connectivity index (χ3n) is 4.33. The van der Waals surface area contributed by atoms with Gasteiger partial charge in [0.1, 0.15) is 12.0 Å². The van der Waals surface area contributed by atoms with Gasteiger partial charge in [0.2, 0.25) is 0 Å². The number of quaternary nitrogens is 1. The maximum Gasteiger partial charge on any atom is 0.432 e. The zero-order valence-corrected chi connectivity index (χ0v) is 11.4. The van der Waals surface area contributed by atoms with Gasteiger partial charge in [-0.25, -0.2) is 4.79 Å². The van der Waals surface area contributed by atoms with Crippen molar-refractivity contribution in [3.8, 4) is 0 Å². The summed E-state index contributed by atoms with van der Waals surface area (Å²) < 4.78 is 19.8. The molecule has 0 bridgehead atoms. The topological polar surface area (TPSA) is 103 Å². The number of urea groups is 1. The Hall–Kier alpha value is -1.61. The van der Waals surface area contributed by atoms with Gasteiger partial charge in [0, 0.05) is 6.08 Å². The molecule has 7 nitrogen and oxygen atoms in total. The quantitative estimate of drug-likeness (QED) is 0.257. The van der Waals surface area contributed by atoms with Crippen molar-refractivity contribution in [3.05, 3.63) is 24.4 Å². The molecule has 1 unspecified atom stereocenters. The van der Waals surface area contributed by atoms with Crippen molar-refractivity contribution < 1.29 is 28.6 Å². The van der Waals surface area contributed by atoms with Gasteiger partial charge in [-0.15, -0.1) is 4.48 Å². The van der Waals surface area contributed by atoms with Crippen molar-refractivity contribution in [2.45, 2.75) is 37.1 Å². The minimum Gasteiger partial charge on any atom is -0.393 e. The smallest absolute Gasteiger partial charge is 0.393 e. The van der Waals surface area contributed by atoms with Gasteiger partial charge in [-0.3, -0.25) is 10.7 Å². The first-order valence-corrected chi connectivity index (χ1v) is 6.70. The summed E-state index contributed by atoms with van der Waals surface area (Å²) in [6.07, 6.45) is 3.28. The maximum absolute atomic E-state index is 15.2. The molecule has 3 heterocycles. The van der Waals surface area contributed by atoms with E-state index in [1.165, 1.54) is 18.4 Å². The minimum atomic E-state index is -2.36. The molecule has 2 fully saturated rings. The molecule has 3 aliphatic heterocycles. The Bertz CT molecular complexity index is 580. The predicted octanol–water partition coefficient (Wildman–Crippen LogP) is 0.111. The molecule has 0 radical (unpaired) electrons. The maximum atomic E-state index is 15.2. The number of carbonyl (C=O) groups is 1. The van der Waals surface area contributed by atoms with Crippen LogP contribution in [0, 0.1) is 5.41 Å². The van der Waals surface area contributed by atoms with E-state index in [0.29, 0.717) is 6.42 Å². The summed E-state index contributed by atoms with van der Waals surface area (Å²) in [5.41, 5.74) is -1.54. The van der Waals surface area contributed by atoms with E-state index in [4.69, 9.17) is 10.1 Å². The first kappa shape index (κ1) is 14.3. The summed E-state index contributed by atoms with van der Waals surface area (Å²) in [6.45, 7) is 1.27. The molecular formula is C13H17FN3O4+. The van der Waals surface area contributed by atoms with Crippen LogP contribution in [0.25, 0.3) is 0 Å². The lowest BCUT2D eigenvalue weighted by atomic mass is 9.94. The van der Waals surface area contributed by atoms with Crippen LogP contribution in [-0.2, 0) is 4.74 Å². The number of allylic oxidation sites excluding steroid dienone is 1. The van der Waals surface area contributed by atoms with Gasteiger partial charge in [0.05, 0.1) is 6.61 Å². The van der Waals surface area contributed by atoms with Crippen LogP contribution in [0.1, 0.15) is 13.3 Å². The number of rotatable bonds is 3. The van der Waals surface area contributed by atoms with E-state index in [9.17, 15) is 15.0 Å². The minimum absolute atomic E-state index is 0.147. The van der Waals surface area contributed by atoms with Gasteiger partial charge in [-0.05, 0) is 6.42 Å². The van der Waals surface area contributed by atoms with E-state index in [-0.39, 0.29) is 5.84 Å². The number of hydrogen-bond donors (Lipinski definition) is 4. The standard InChI is InChI=1S/C13H16FN3O4/c1-2-3-5-12(7-18)9(19)13(14)10(21-12)17(13)6-4-8(15)16-11(17)20/h3-6,9-10,18-19H,2,7H2,1H3,(H-,15,16,20)/p+1/b5-3+/t9-,10-,12-,13-,17?/m1/s1. The van der Waals surface area contributed by atoms with E-state index in [2.05, 4.69) is 5.32 Å². The number of nitrogens with zero attached hydrogens (tertiary/aromatic N) is 1. The SMILES string of the molecule is CC/C=C/[C@]1(CO)O[C@@H]2[C@@](F)([C@@H]1O)[N+]21C=CC(=N)NC1=O. The van der Waals surface area contributed by atoms with Crippen molar-refractivity contribution >= 4 is 11.9 Å². The number of aliphatic hydroxyl groups excluding tert-OH is 2. The molecule has 1 spiro atoms. The number of alkyl halides is 1. The number of amides is 2. The molecule has 2 amide bonds. The average molecular weight is 298 g/mol. The highest BCUT2D eigenvalue weighted by Crippen LogP contribution is 2.64. The Morgan fingerprint density at radius 2 is 2.38 bits per heavy atom. The Labute approximate surface area is 120 Å². The number of aliphatic hydroxyl groups is 2. The molecular weight excluding hydrogens is 281 g/mol. The summed E-state index contributed by atoms with van der Waals surface area (Å²) in [7, 11) is 0. The Morgan fingerprint density at radius 1 is 1.67 bits per heavy atom. The zero-order chi connectivity index (χ0) is 15.5. The van der Waals surface area contributed by atoms with Crippen LogP contribution >= 0.6 is 0 Å². The summed E-state index contributed by atoms with van der Waals surface area (Å²) in [6, 6.07) is -0.764. The summed E-state index contributed by atoms with van der Waals surface area (Å²) in [5.74, 6) is -2.51. The first-order valence-electron chi connectivity index (χ1n) is 6.70. The third-order valence-corrected chi connectivity index (χ3v) is 4.33. The van der Waals surface area contributed by atoms with Crippen LogP contribution in [0.5, 0.6) is 0 Å². The highest BCUT2D eigenvalue weighted by Gasteiger charge is 2.97. The normalized spacial score (nSPS) is 48.0. The van der Waals surface area contributed by atoms with Crippen LogP contribution in [0.2, 0.25) is 0 Å². The van der Waals surface area contributed by atoms with Gasteiger partial charge in [0.15, 0.2) is 11.7 Å². The van der Waals surface area contributed by atoms with Crippen molar-refractivity contribution in [2.24, 2.45) is 0 Å². The second kappa shape index (κ2) is 4.20. The molecule has 0 aromatic rings. The Balaban J connectivity index is 1.97. The summed E-state index contributed by atoms with van der Waals surface area (Å²) >= 11 is 0. The van der Waals surface area contributed by atoms with E-state index < -0.39 is 40.8 Å². The number of ether oxygens (including phenoxy) is 1. The number of carbonyl (C=O) groups excluding carboxylic acids is 1. The molecule has 0 aliphatic carbocycles. The molecule has 8 heteroatoms. The van der Waals surface area contributed by atoms with Crippen LogP contribution in [0.15, 0.2) is 24.4 Å². The summed E-state index contributed by atoms with van der Waals surface area (Å²) in [4.78, 5) is 12.0. The number of amidine groups is 1. The van der Waals surface area contributed by atoms with Crippen molar-refractivity contribution in [1.82, 2.24) is 5.32 Å².